The molecule has 1 saturated heterocycles. The van der Waals surface area contributed by atoms with Crippen LogP contribution >= 0.6 is 0 Å². The van der Waals surface area contributed by atoms with Gasteiger partial charge in [-0.25, -0.2) is 4.79 Å². The number of carboxylic acids is 1. The van der Waals surface area contributed by atoms with Gasteiger partial charge in [-0.1, -0.05) is 18.2 Å². The van der Waals surface area contributed by atoms with E-state index in [1.54, 1.807) is 24.3 Å². The molecule has 0 radical (unpaired) electrons. The number of nitrogens with one attached hydrogen (secondary N) is 2. The monoisotopic (exact) mass is 306 g/mol. The van der Waals surface area contributed by atoms with Gasteiger partial charge in [0.2, 0.25) is 11.8 Å². The van der Waals surface area contributed by atoms with Crippen LogP contribution in [0.15, 0.2) is 24.3 Å². The molecule has 0 bridgehead atoms. The summed E-state index contributed by atoms with van der Waals surface area (Å²) in [5.74, 6) is -1.24. The molecule has 0 aliphatic carbocycles. The molecule has 1 aliphatic heterocycles. The largest absolute Gasteiger partial charge is 0.496 e. The van der Waals surface area contributed by atoms with Crippen LogP contribution in [0.25, 0.3) is 0 Å². The molecule has 1 aliphatic rings. The molecule has 3 N–H and O–H groups in total. The van der Waals surface area contributed by atoms with Crippen molar-refractivity contribution in [3.63, 3.8) is 0 Å². The number of carboxylic acid groups (broad SMARTS) is 1. The lowest BCUT2D eigenvalue weighted by Crippen LogP contribution is -2.49. The molecule has 0 spiro atoms. The number of carbonyl (C=O) groups is 3. The minimum absolute atomic E-state index is 0.103. The minimum Gasteiger partial charge on any atom is -0.496 e. The van der Waals surface area contributed by atoms with E-state index in [-0.39, 0.29) is 18.7 Å². The first kappa shape index (κ1) is 15.8. The molecule has 0 saturated carbocycles. The molecule has 7 heteroatoms. The van der Waals surface area contributed by atoms with Gasteiger partial charge < -0.3 is 20.5 Å². The number of rotatable bonds is 6. The van der Waals surface area contributed by atoms with Gasteiger partial charge in [0.1, 0.15) is 17.8 Å². The van der Waals surface area contributed by atoms with Crippen molar-refractivity contribution in [2.24, 2.45) is 0 Å². The smallest absolute Gasteiger partial charge is 0.326 e. The topological polar surface area (TPSA) is 105 Å². The summed E-state index contributed by atoms with van der Waals surface area (Å²) in [6.45, 7) is 0. The zero-order valence-electron chi connectivity index (χ0n) is 12.2. The van der Waals surface area contributed by atoms with Gasteiger partial charge in [0.25, 0.3) is 0 Å². The molecule has 2 rings (SSSR count). The molecule has 2 atom stereocenters. The van der Waals surface area contributed by atoms with Crippen LogP contribution in [0.1, 0.15) is 18.4 Å². The van der Waals surface area contributed by atoms with Crippen molar-refractivity contribution < 1.29 is 24.2 Å². The third kappa shape index (κ3) is 3.75. The summed E-state index contributed by atoms with van der Waals surface area (Å²) in [4.78, 5) is 34.5. The van der Waals surface area contributed by atoms with Gasteiger partial charge in [-0.2, -0.15) is 0 Å². The average Bonchev–Trinajstić information content (AvgIpc) is 2.93. The van der Waals surface area contributed by atoms with Crippen LogP contribution in [0.4, 0.5) is 0 Å². The van der Waals surface area contributed by atoms with Crippen molar-refractivity contribution in [2.75, 3.05) is 7.11 Å². The van der Waals surface area contributed by atoms with E-state index in [2.05, 4.69) is 10.6 Å². The fourth-order valence-electron chi connectivity index (χ4n) is 2.37. The molecule has 2 amide bonds. The highest BCUT2D eigenvalue weighted by Crippen LogP contribution is 2.19. The van der Waals surface area contributed by atoms with Crippen molar-refractivity contribution in [3.8, 4) is 5.75 Å². The van der Waals surface area contributed by atoms with E-state index in [4.69, 9.17) is 4.74 Å². The molecule has 0 aromatic heterocycles. The van der Waals surface area contributed by atoms with E-state index in [1.165, 1.54) is 7.11 Å². The first-order valence-electron chi connectivity index (χ1n) is 6.95. The highest BCUT2D eigenvalue weighted by atomic mass is 16.5. The van der Waals surface area contributed by atoms with Crippen LogP contribution in [0.2, 0.25) is 0 Å². The molecule has 1 heterocycles. The third-order valence-electron chi connectivity index (χ3n) is 3.54. The molecule has 0 unspecified atom stereocenters. The Morgan fingerprint density at radius 1 is 1.45 bits per heavy atom. The average molecular weight is 306 g/mol. The summed E-state index contributed by atoms with van der Waals surface area (Å²) in [6.07, 6.45) is 0.764. The number of benzene rings is 1. The van der Waals surface area contributed by atoms with Crippen molar-refractivity contribution in [3.05, 3.63) is 29.8 Å². The summed E-state index contributed by atoms with van der Waals surface area (Å²) < 4.78 is 5.18. The maximum Gasteiger partial charge on any atom is 0.326 e. The van der Waals surface area contributed by atoms with Crippen LogP contribution in [-0.4, -0.2) is 42.1 Å². The van der Waals surface area contributed by atoms with Gasteiger partial charge in [-0.05, 0) is 18.1 Å². The van der Waals surface area contributed by atoms with E-state index >= 15 is 0 Å². The number of amides is 2. The second-order valence-electron chi connectivity index (χ2n) is 5.07. The molecule has 1 aromatic carbocycles. The van der Waals surface area contributed by atoms with Gasteiger partial charge >= 0.3 is 5.97 Å². The summed E-state index contributed by atoms with van der Waals surface area (Å²) in [5, 5.41) is 14.3. The maximum absolute atomic E-state index is 12.0. The molecule has 1 fully saturated rings. The Morgan fingerprint density at radius 2 is 2.18 bits per heavy atom. The third-order valence-corrected chi connectivity index (χ3v) is 3.54. The molecule has 22 heavy (non-hydrogen) atoms. The number of para-hydroxylation sites is 1. The van der Waals surface area contributed by atoms with Gasteiger partial charge in [-0.15, -0.1) is 0 Å². The molecular weight excluding hydrogens is 288 g/mol. The van der Waals surface area contributed by atoms with Crippen molar-refractivity contribution in [1.82, 2.24) is 10.6 Å². The first-order chi connectivity index (χ1) is 10.5. The van der Waals surface area contributed by atoms with Crippen molar-refractivity contribution >= 4 is 17.8 Å². The second kappa shape index (κ2) is 6.93. The fourth-order valence-corrected chi connectivity index (χ4v) is 2.37. The Kier molecular flexibility index (Phi) is 4.98. The molecule has 1 aromatic rings. The Hall–Kier alpha value is -2.57. The van der Waals surface area contributed by atoms with Crippen LogP contribution in [0.5, 0.6) is 5.75 Å². The summed E-state index contributed by atoms with van der Waals surface area (Å²) in [5.41, 5.74) is 0.688. The van der Waals surface area contributed by atoms with Gasteiger partial charge in [-0.3, -0.25) is 9.59 Å². The Bertz CT molecular complexity index is 587. The van der Waals surface area contributed by atoms with Crippen LogP contribution in [0, 0.1) is 0 Å². The van der Waals surface area contributed by atoms with E-state index in [1.807, 2.05) is 0 Å². The number of methoxy groups -OCH3 is 1. The molecular formula is C15H18N2O5. The van der Waals surface area contributed by atoms with Crippen molar-refractivity contribution in [1.29, 1.82) is 0 Å². The standard InChI is InChI=1S/C15H18N2O5/c1-22-12-5-3-2-4-9(12)8-11(15(20)21)17-14(19)10-6-7-13(18)16-10/h2-5,10-11H,6-8H2,1H3,(H,16,18)(H,17,19)(H,20,21)/t10-,11+/m0/s1. The molecule has 118 valence electrons. The number of hydrogen-bond donors (Lipinski definition) is 3. The summed E-state index contributed by atoms with van der Waals surface area (Å²) in [6, 6.07) is 5.29. The van der Waals surface area contributed by atoms with E-state index < -0.39 is 24.0 Å². The number of carbonyl (C=O) groups excluding carboxylic acids is 2. The quantitative estimate of drug-likeness (QED) is 0.690. The van der Waals surface area contributed by atoms with E-state index in [0.29, 0.717) is 17.7 Å². The highest BCUT2D eigenvalue weighted by molar-refractivity contribution is 5.92. The lowest BCUT2D eigenvalue weighted by Gasteiger charge is -2.18. The summed E-state index contributed by atoms with van der Waals surface area (Å²) in [7, 11) is 1.50. The number of hydrogen-bond acceptors (Lipinski definition) is 4. The lowest BCUT2D eigenvalue weighted by molar-refractivity contribution is -0.142. The normalized spacial score (nSPS) is 18.4. The van der Waals surface area contributed by atoms with E-state index in [0.717, 1.165) is 0 Å². The number of aliphatic carboxylic acids is 1. The van der Waals surface area contributed by atoms with E-state index in [9.17, 15) is 19.5 Å². The summed E-state index contributed by atoms with van der Waals surface area (Å²) >= 11 is 0. The predicted octanol–water partition coefficient (Wildman–Crippen LogP) is 0.0857. The predicted molar refractivity (Wildman–Crippen MR) is 77.4 cm³/mol. The second-order valence-corrected chi connectivity index (χ2v) is 5.07. The number of ether oxygens (including phenoxy) is 1. The van der Waals surface area contributed by atoms with Crippen LogP contribution < -0.4 is 15.4 Å². The van der Waals surface area contributed by atoms with Gasteiger partial charge in [0.15, 0.2) is 0 Å². The lowest BCUT2D eigenvalue weighted by atomic mass is 10.0. The van der Waals surface area contributed by atoms with Crippen LogP contribution in [-0.2, 0) is 20.8 Å². The van der Waals surface area contributed by atoms with Gasteiger partial charge in [0.05, 0.1) is 7.11 Å². The molecule has 7 nitrogen and oxygen atoms in total. The minimum atomic E-state index is -1.14. The van der Waals surface area contributed by atoms with Crippen molar-refractivity contribution in [2.45, 2.75) is 31.3 Å². The zero-order valence-corrected chi connectivity index (χ0v) is 12.2. The van der Waals surface area contributed by atoms with Gasteiger partial charge in [0, 0.05) is 12.8 Å². The highest BCUT2D eigenvalue weighted by Gasteiger charge is 2.30. The Balaban J connectivity index is 2.05. The first-order valence-corrected chi connectivity index (χ1v) is 6.95. The van der Waals surface area contributed by atoms with Crippen LogP contribution in [0.3, 0.4) is 0 Å². The zero-order chi connectivity index (χ0) is 16.1. The SMILES string of the molecule is COc1ccccc1C[C@@H](NC(=O)[C@@H]1CCC(=O)N1)C(=O)O. The maximum atomic E-state index is 12.0. The Labute approximate surface area is 127 Å². The Morgan fingerprint density at radius 3 is 2.77 bits per heavy atom. The fraction of sp³-hybridized carbons (Fsp3) is 0.400.